The number of hydrogen-bond donors (Lipinski definition) is 1. The molecular formula is C25H28F3N3O3. The van der Waals surface area contributed by atoms with Crippen molar-refractivity contribution in [2.75, 3.05) is 32.7 Å². The molecule has 0 saturated heterocycles. The molecule has 0 aliphatic carbocycles. The zero-order valence-corrected chi connectivity index (χ0v) is 19.1. The summed E-state index contributed by atoms with van der Waals surface area (Å²) in [5, 5.41) is 2.88. The summed E-state index contributed by atoms with van der Waals surface area (Å²) in [5.41, 5.74) is 1.24. The van der Waals surface area contributed by atoms with Crippen LogP contribution in [0.15, 0.2) is 66.9 Å². The second-order valence-electron chi connectivity index (χ2n) is 7.76. The molecule has 3 rings (SSSR count). The van der Waals surface area contributed by atoms with Crippen LogP contribution in [0.3, 0.4) is 0 Å². The smallest absolute Gasteiger partial charge is 0.416 e. The average molecular weight is 476 g/mol. The number of methoxy groups -OCH3 is 2. The zero-order chi connectivity index (χ0) is 24.6. The van der Waals surface area contributed by atoms with Gasteiger partial charge in [0.25, 0.3) is 0 Å². The second kappa shape index (κ2) is 11.6. The van der Waals surface area contributed by atoms with Gasteiger partial charge in [0.1, 0.15) is 5.75 Å². The molecule has 0 aliphatic heterocycles. The third kappa shape index (κ3) is 7.02. The van der Waals surface area contributed by atoms with Crippen LogP contribution in [0.25, 0.3) is 0 Å². The van der Waals surface area contributed by atoms with Gasteiger partial charge in [0.15, 0.2) is 0 Å². The van der Waals surface area contributed by atoms with Gasteiger partial charge in [-0.1, -0.05) is 18.2 Å². The first-order chi connectivity index (χ1) is 16.3. The van der Waals surface area contributed by atoms with Gasteiger partial charge in [-0.2, -0.15) is 13.2 Å². The van der Waals surface area contributed by atoms with Gasteiger partial charge < -0.3 is 24.3 Å². The molecule has 1 heterocycles. The van der Waals surface area contributed by atoms with Gasteiger partial charge in [-0.15, -0.1) is 0 Å². The lowest BCUT2D eigenvalue weighted by Crippen LogP contribution is -2.36. The van der Waals surface area contributed by atoms with E-state index in [0.29, 0.717) is 36.6 Å². The molecule has 182 valence electrons. The quantitative estimate of drug-likeness (QED) is 0.387. The number of nitrogens with one attached hydrogen (secondary N) is 1. The highest BCUT2D eigenvalue weighted by molar-refractivity contribution is 5.89. The molecule has 34 heavy (non-hydrogen) atoms. The van der Waals surface area contributed by atoms with E-state index in [9.17, 15) is 18.0 Å². The van der Waals surface area contributed by atoms with E-state index < -0.39 is 11.7 Å². The van der Waals surface area contributed by atoms with Crippen molar-refractivity contribution in [3.05, 3.63) is 83.7 Å². The number of ether oxygens (including phenoxy) is 2. The number of aromatic nitrogens is 1. The topological polar surface area (TPSA) is 55.7 Å². The Morgan fingerprint density at radius 3 is 2.59 bits per heavy atom. The summed E-state index contributed by atoms with van der Waals surface area (Å²) in [6.45, 7) is 1.48. The van der Waals surface area contributed by atoms with Gasteiger partial charge in [-0.3, -0.25) is 0 Å². The lowest BCUT2D eigenvalue weighted by atomic mass is 10.1. The number of nitrogens with zero attached hydrogens (tertiary/aromatic N) is 2. The molecule has 0 unspecified atom stereocenters. The third-order valence-electron chi connectivity index (χ3n) is 5.27. The highest BCUT2D eigenvalue weighted by Gasteiger charge is 2.30. The van der Waals surface area contributed by atoms with Crippen LogP contribution in [0.5, 0.6) is 5.75 Å². The standard InChI is InChI=1S/C25H28F3N3O3/c1-33-14-6-13-31(24(32)29-21-9-4-11-23(16-21)34-2)18-22-10-5-12-30(22)17-19-7-3-8-20(15-19)25(26,27)28/h3-5,7-12,15-16H,6,13-14,17-18H2,1-2H3,(H,29,32). The first kappa shape index (κ1) is 25.2. The fourth-order valence-electron chi connectivity index (χ4n) is 3.54. The van der Waals surface area contributed by atoms with E-state index in [4.69, 9.17) is 9.47 Å². The number of halogens is 3. The van der Waals surface area contributed by atoms with E-state index in [1.165, 1.54) is 6.07 Å². The summed E-state index contributed by atoms with van der Waals surface area (Å²) < 4.78 is 51.4. The number of carbonyl (C=O) groups excluding carboxylic acids is 1. The van der Waals surface area contributed by atoms with E-state index in [1.807, 2.05) is 16.7 Å². The Morgan fingerprint density at radius 1 is 1.06 bits per heavy atom. The molecule has 2 aromatic carbocycles. The minimum absolute atomic E-state index is 0.260. The van der Waals surface area contributed by atoms with Crippen molar-refractivity contribution in [2.24, 2.45) is 0 Å². The average Bonchev–Trinajstić information content (AvgIpc) is 3.24. The Kier molecular flexibility index (Phi) is 8.59. The van der Waals surface area contributed by atoms with E-state index in [-0.39, 0.29) is 19.1 Å². The fraction of sp³-hybridized carbons (Fsp3) is 0.320. The van der Waals surface area contributed by atoms with Crippen LogP contribution in [-0.2, 0) is 24.0 Å². The van der Waals surface area contributed by atoms with Crippen LogP contribution in [0, 0.1) is 0 Å². The normalized spacial score (nSPS) is 11.3. The summed E-state index contributed by atoms with van der Waals surface area (Å²) in [5.74, 6) is 0.624. The number of carbonyl (C=O) groups is 1. The SMILES string of the molecule is COCCCN(Cc1cccn1Cc1cccc(C(F)(F)F)c1)C(=O)Nc1cccc(OC)c1. The predicted octanol–water partition coefficient (Wildman–Crippen LogP) is 5.63. The number of anilines is 1. The Labute approximate surface area is 196 Å². The second-order valence-corrected chi connectivity index (χ2v) is 7.76. The van der Waals surface area contributed by atoms with Crippen molar-refractivity contribution in [3.63, 3.8) is 0 Å². The van der Waals surface area contributed by atoms with E-state index >= 15 is 0 Å². The van der Waals surface area contributed by atoms with Crippen LogP contribution in [0.2, 0.25) is 0 Å². The molecule has 1 aromatic heterocycles. The zero-order valence-electron chi connectivity index (χ0n) is 19.1. The van der Waals surface area contributed by atoms with Crippen molar-refractivity contribution in [3.8, 4) is 5.75 Å². The maximum absolute atomic E-state index is 13.1. The molecule has 0 fully saturated rings. The number of benzene rings is 2. The maximum atomic E-state index is 13.1. The van der Waals surface area contributed by atoms with Gasteiger partial charge in [0.2, 0.25) is 0 Å². The lowest BCUT2D eigenvalue weighted by molar-refractivity contribution is -0.137. The van der Waals surface area contributed by atoms with Crippen LogP contribution in [0.1, 0.15) is 23.2 Å². The van der Waals surface area contributed by atoms with Crippen LogP contribution < -0.4 is 10.1 Å². The molecular weight excluding hydrogens is 447 g/mol. The highest BCUT2D eigenvalue weighted by Crippen LogP contribution is 2.29. The van der Waals surface area contributed by atoms with Crippen LogP contribution >= 0.6 is 0 Å². The van der Waals surface area contributed by atoms with Gasteiger partial charge in [0.05, 0.1) is 19.2 Å². The number of alkyl halides is 3. The van der Waals surface area contributed by atoms with E-state index in [2.05, 4.69) is 5.32 Å². The largest absolute Gasteiger partial charge is 0.497 e. The Hall–Kier alpha value is -3.46. The van der Waals surface area contributed by atoms with Crippen molar-refractivity contribution >= 4 is 11.7 Å². The van der Waals surface area contributed by atoms with Crippen molar-refractivity contribution in [1.82, 2.24) is 9.47 Å². The molecule has 6 nitrogen and oxygen atoms in total. The van der Waals surface area contributed by atoms with Crippen molar-refractivity contribution in [2.45, 2.75) is 25.7 Å². The highest BCUT2D eigenvalue weighted by atomic mass is 19.4. The maximum Gasteiger partial charge on any atom is 0.416 e. The van der Waals surface area contributed by atoms with Gasteiger partial charge in [0, 0.05) is 50.5 Å². The Bertz CT molecular complexity index is 1080. The summed E-state index contributed by atoms with van der Waals surface area (Å²) >= 11 is 0. The monoisotopic (exact) mass is 475 g/mol. The van der Waals surface area contributed by atoms with Gasteiger partial charge in [-0.25, -0.2) is 4.79 Å². The minimum Gasteiger partial charge on any atom is -0.497 e. The summed E-state index contributed by atoms with van der Waals surface area (Å²) in [4.78, 5) is 14.7. The van der Waals surface area contributed by atoms with Crippen molar-refractivity contribution < 1.29 is 27.4 Å². The van der Waals surface area contributed by atoms with Crippen LogP contribution in [-0.4, -0.2) is 42.9 Å². The first-order valence-corrected chi connectivity index (χ1v) is 10.8. The Balaban J connectivity index is 1.75. The predicted molar refractivity (Wildman–Crippen MR) is 124 cm³/mol. The van der Waals surface area contributed by atoms with Gasteiger partial charge >= 0.3 is 12.2 Å². The van der Waals surface area contributed by atoms with Crippen molar-refractivity contribution in [1.29, 1.82) is 0 Å². The molecule has 0 saturated carbocycles. The Morgan fingerprint density at radius 2 is 1.85 bits per heavy atom. The van der Waals surface area contributed by atoms with E-state index in [0.717, 1.165) is 17.8 Å². The minimum atomic E-state index is -4.40. The number of urea groups is 1. The summed E-state index contributed by atoms with van der Waals surface area (Å²) in [7, 11) is 3.15. The summed E-state index contributed by atoms with van der Waals surface area (Å²) in [6, 6.07) is 15.7. The molecule has 9 heteroatoms. The molecule has 1 N–H and O–H groups in total. The third-order valence-corrected chi connectivity index (χ3v) is 5.27. The molecule has 0 bridgehead atoms. The summed E-state index contributed by atoms with van der Waals surface area (Å²) in [6.07, 6.45) is -1.97. The molecule has 0 aliphatic rings. The van der Waals surface area contributed by atoms with Crippen LogP contribution in [0.4, 0.5) is 23.7 Å². The fourth-order valence-corrected chi connectivity index (χ4v) is 3.54. The molecule has 3 aromatic rings. The molecule has 2 amide bonds. The van der Waals surface area contributed by atoms with E-state index in [1.54, 1.807) is 55.6 Å². The number of amides is 2. The molecule has 0 atom stereocenters. The number of rotatable bonds is 10. The molecule has 0 radical (unpaired) electrons. The molecule has 0 spiro atoms. The number of hydrogen-bond acceptors (Lipinski definition) is 3. The first-order valence-electron chi connectivity index (χ1n) is 10.8. The van der Waals surface area contributed by atoms with Gasteiger partial charge in [-0.05, 0) is 48.4 Å². The lowest BCUT2D eigenvalue weighted by Gasteiger charge is -2.24.